The second kappa shape index (κ2) is 3.83. The molecule has 0 atom stereocenters. The molecule has 0 saturated heterocycles. The Hall–Kier alpha value is -1.67. The molecule has 2 nitrogen and oxygen atoms in total. The maximum atomic E-state index is 9.29. The summed E-state index contributed by atoms with van der Waals surface area (Å²) in [5, 5.41) is 9.63. The van der Waals surface area contributed by atoms with Crippen molar-refractivity contribution < 1.29 is 5.11 Å². The van der Waals surface area contributed by atoms with Gasteiger partial charge in [0.1, 0.15) is 5.75 Å². The van der Waals surface area contributed by atoms with Gasteiger partial charge in [-0.05, 0) is 35.4 Å². The quantitative estimate of drug-likeness (QED) is 0.723. The maximum Gasteiger partial charge on any atom is 0.134 e. The van der Waals surface area contributed by atoms with Crippen LogP contribution in [-0.4, -0.2) is 5.11 Å². The van der Waals surface area contributed by atoms with Crippen molar-refractivity contribution in [3.63, 3.8) is 0 Å². The summed E-state index contributed by atoms with van der Waals surface area (Å²) in [4.78, 5) is 0. The number of hydrogen-bond donors (Lipinski definition) is 2. The largest absolute Gasteiger partial charge is 0.506 e. The molecule has 76 valence electrons. The van der Waals surface area contributed by atoms with Crippen LogP contribution in [0.2, 0.25) is 5.02 Å². The smallest absolute Gasteiger partial charge is 0.134 e. The maximum absolute atomic E-state index is 9.29. The first kappa shape index (κ1) is 9.87. The Morgan fingerprint density at radius 2 is 1.73 bits per heavy atom. The lowest BCUT2D eigenvalue weighted by Gasteiger charge is -2.04. The van der Waals surface area contributed by atoms with Crippen LogP contribution in [0.25, 0.3) is 11.1 Å². The number of nitrogen functional groups attached to an aromatic ring is 1. The number of hydrogen-bond acceptors (Lipinski definition) is 2. The third kappa shape index (κ3) is 2.05. The number of aromatic hydroxyl groups is 1. The highest BCUT2D eigenvalue weighted by Crippen LogP contribution is 2.29. The van der Waals surface area contributed by atoms with E-state index in [1.807, 2.05) is 24.3 Å². The van der Waals surface area contributed by atoms with Crippen molar-refractivity contribution in [2.24, 2.45) is 0 Å². The zero-order valence-electron chi connectivity index (χ0n) is 7.94. The summed E-state index contributed by atoms with van der Waals surface area (Å²) in [7, 11) is 0. The second-order valence-electron chi connectivity index (χ2n) is 3.29. The number of nitrogens with two attached hydrogens (primary N) is 1. The van der Waals surface area contributed by atoms with Crippen LogP contribution in [0.4, 0.5) is 5.69 Å². The highest BCUT2D eigenvalue weighted by atomic mass is 35.5. The van der Waals surface area contributed by atoms with Gasteiger partial charge >= 0.3 is 0 Å². The molecule has 0 spiro atoms. The van der Waals surface area contributed by atoms with Gasteiger partial charge in [-0.15, -0.1) is 0 Å². The zero-order valence-corrected chi connectivity index (χ0v) is 8.70. The van der Waals surface area contributed by atoms with Crippen molar-refractivity contribution in [2.45, 2.75) is 0 Å². The standard InChI is InChI=1S/C12H10ClNO/c13-11-7-9(4-5-12(11)15)8-2-1-3-10(14)6-8/h1-7,15H,14H2. The van der Waals surface area contributed by atoms with Crippen LogP contribution >= 0.6 is 11.6 Å². The summed E-state index contributed by atoms with van der Waals surface area (Å²) < 4.78 is 0. The highest BCUT2D eigenvalue weighted by Gasteiger charge is 2.02. The monoisotopic (exact) mass is 219 g/mol. The molecule has 0 amide bonds. The normalized spacial score (nSPS) is 10.2. The van der Waals surface area contributed by atoms with E-state index >= 15 is 0 Å². The molecule has 0 aliphatic heterocycles. The molecule has 15 heavy (non-hydrogen) atoms. The first-order chi connectivity index (χ1) is 7.16. The number of benzene rings is 2. The summed E-state index contributed by atoms with van der Waals surface area (Å²) in [6.45, 7) is 0. The van der Waals surface area contributed by atoms with Crippen LogP contribution in [-0.2, 0) is 0 Å². The fraction of sp³-hybridized carbons (Fsp3) is 0. The molecule has 0 aliphatic carbocycles. The molecule has 0 aliphatic rings. The Labute approximate surface area is 92.9 Å². The Morgan fingerprint density at radius 1 is 1.00 bits per heavy atom. The van der Waals surface area contributed by atoms with E-state index in [1.165, 1.54) is 0 Å². The van der Waals surface area contributed by atoms with Gasteiger partial charge in [0.25, 0.3) is 0 Å². The number of halogens is 1. The number of rotatable bonds is 1. The SMILES string of the molecule is Nc1cccc(-c2ccc(O)c(Cl)c2)c1. The van der Waals surface area contributed by atoms with Crippen LogP contribution in [0.15, 0.2) is 42.5 Å². The molecule has 2 aromatic rings. The summed E-state index contributed by atoms with van der Waals surface area (Å²) >= 11 is 5.82. The van der Waals surface area contributed by atoms with Crippen molar-refractivity contribution in [2.75, 3.05) is 5.73 Å². The van der Waals surface area contributed by atoms with E-state index in [0.29, 0.717) is 10.7 Å². The van der Waals surface area contributed by atoms with Gasteiger partial charge in [0, 0.05) is 5.69 Å². The molecule has 0 aromatic heterocycles. The predicted octanol–water partition coefficient (Wildman–Crippen LogP) is 3.29. The number of phenolic OH excluding ortho intramolecular Hbond substituents is 1. The Bertz CT molecular complexity index is 497. The van der Waals surface area contributed by atoms with Crippen LogP contribution < -0.4 is 5.73 Å². The third-order valence-electron chi connectivity index (χ3n) is 2.17. The average Bonchev–Trinajstić information content (AvgIpc) is 2.22. The third-order valence-corrected chi connectivity index (χ3v) is 2.47. The highest BCUT2D eigenvalue weighted by molar-refractivity contribution is 6.32. The van der Waals surface area contributed by atoms with E-state index in [-0.39, 0.29) is 5.75 Å². The summed E-state index contributed by atoms with van der Waals surface area (Å²) in [5.41, 5.74) is 8.31. The van der Waals surface area contributed by atoms with Crippen molar-refractivity contribution in [3.05, 3.63) is 47.5 Å². The summed E-state index contributed by atoms with van der Waals surface area (Å²) in [6, 6.07) is 12.6. The lowest BCUT2D eigenvalue weighted by atomic mass is 10.1. The molecule has 0 unspecified atom stereocenters. The summed E-state index contributed by atoms with van der Waals surface area (Å²) in [6.07, 6.45) is 0. The molecule has 0 bridgehead atoms. The van der Waals surface area contributed by atoms with E-state index in [0.717, 1.165) is 11.1 Å². The van der Waals surface area contributed by atoms with E-state index in [1.54, 1.807) is 18.2 Å². The van der Waals surface area contributed by atoms with Crippen LogP contribution in [0, 0.1) is 0 Å². The van der Waals surface area contributed by atoms with Crippen LogP contribution in [0.3, 0.4) is 0 Å². The molecule has 3 N–H and O–H groups in total. The van der Waals surface area contributed by atoms with E-state index < -0.39 is 0 Å². The van der Waals surface area contributed by atoms with Gasteiger partial charge in [0.05, 0.1) is 5.02 Å². The van der Waals surface area contributed by atoms with Gasteiger partial charge in [-0.1, -0.05) is 29.8 Å². The number of phenols is 1. The molecule has 0 heterocycles. The van der Waals surface area contributed by atoms with Crippen LogP contribution in [0.5, 0.6) is 5.75 Å². The Kier molecular flexibility index (Phi) is 2.52. The second-order valence-corrected chi connectivity index (χ2v) is 3.70. The first-order valence-corrected chi connectivity index (χ1v) is 4.89. The fourth-order valence-electron chi connectivity index (χ4n) is 1.40. The molecule has 0 saturated carbocycles. The molecule has 2 aromatic carbocycles. The van der Waals surface area contributed by atoms with Crippen LogP contribution in [0.1, 0.15) is 0 Å². The summed E-state index contributed by atoms with van der Waals surface area (Å²) in [5.74, 6) is 0.0873. The molecular formula is C12H10ClNO. The minimum Gasteiger partial charge on any atom is -0.506 e. The Balaban J connectivity index is 2.50. The minimum atomic E-state index is 0.0873. The van der Waals surface area contributed by atoms with E-state index in [9.17, 15) is 5.11 Å². The van der Waals surface area contributed by atoms with Gasteiger partial charge in [0.15, 0.2) is 0 Å². The molecular weight excluding hydrogens is 210 g/mol. The van der Waals surface area contributed by atoms with E-state index in [4.69, 9.17) is 17.3 Å². The first-order valence-electron chi connectivity index (χ1n) is 4.51. The van der Waals surface area contributed by atoms with Crippen molar-refractivity contribution >= 4 is 17.3 Å². The fourth-order valence-corrected chi connectivity index (χ4v) is 1.59. The molecule has 0 radical (unpaired) electrons. The van der Waals surface area contributed by atoms with Gasteiger partial charge < -0.3 is 10.8 Å². The Morgan fingerprint density at radius 3 is 2.40 bits per heavy atom. The number of anilines is 1. The van der Waals surface area contributed by atoms with Crippen molar-refractivity contribution in [1.29, 1.82) is 0 Å². The lowest BCUT2D eigenvalue weighted by Crippen LogP contribution is -1.85. The molecule has 2 rings (SSSR count). The molecule has 3 heteroatoms. The topological polar surface area (TPSA) is 46.2 Å². The van der Waals surface area contributed by atoms with Gasteiger partial charge in [-0.2, -0.15) is 0 Å². The van der Waals surface area contributed by atoms with Crippen molar-refractivity contribution in [1.82, 2.24) is 0 Å². The average molecular weight is 220 g/mol. The van der Waals surface area contributed by atoms with Crippen molar-refractivity contribution in [3.8, 4) is 16.9 Å². The van der Waals surface area contributed by atoms with Gasteiger partial charge in [0.2, 0.25) is 0 Å². The lowest BCUT2D eigenvalue weighted by molar-refractivity contribution is 0.475. The predicted molar refractivity (Wildman–Crippen MR) is 63.0 cm³/mol. The molecule has 0 fully saturated rings. The zero-order chi connectivity index (χ0) is 10.8. The van der Waals surface area contributed by atoms with Gasteiger partial charge in [-0.25, -0.2) is 0 Å². The van der Waals surface area contributed by atoms with Gasteiger partial charge in [-0.3, -0.25) is 0 Å². The minimum absolute atomic E-state index is 0.0873. The van der Waals surface area contributed by atoms with E-state index in [2.05, 4.69) is 0 Å².